The maximum atomic E-state index is 13.1. The number of alkyl carbamates (subject to hydrolysis) is 1. The summed E-state index contributed by atoms with van der Waals surface area (Å²) in [7, 11) is 0. The number of nitrogens with one attached hydrogen (secondary N) is 1. The normalized spacial score (nSPS) is 17.4. The molecule has 0 unspecified atom stereocenters. The fourth-order valence-corrected chi connectivity index (χ4v) is 4.58. The first kappa shape index (κ1) is 28.6. The topological polar surface area (TPSA) is 150 Å². The molecule has 3 heterocycles. The Morgan fingerprint density at radius 2 is 1.74 bits per heavy atom. The van der Waals surface area contributed by atoms with Gasteiger partial charge in [-0.15, -0.1) is 0 Å². The molecule has 0 spiro atoms. The zero-order valence-electron chi connectivity index (χ0n) is 22.7. The number of hydrogen-bond donors (Lipinski definition) is 2. The highest BCUT2D eigenvalue weighted by Gasteiger charge is 2.41. The quantitative estimate of drug-likeness (QED) is 0.339. The summed E-state index contributed by atoms with van der Waals surface area (Å²) in [6.07, 6.45) is -6.36. The number of aromatic nitrogens is 2. The third-order valence-corrected chi connectivity index (χ3v) is 6.40. The molecule has 4 aromatic rings. The summed E-state index contributed by atoms with van der Waals surface area (Å²) in [6.45, 7) is 4.73. The molecule has 14 heteroatoms. The molecule has 4 amide bonds. The monoisotopic (exact) mass is 585 g/mol. The lowest BCUT2D eigenvalue weighted by atomic mass is 10.1. The van der Waals surface area contributed by atoms with Crippen LogP contribution in [0.2, 0.25) is 0 Å². The van der Waals surface area contributed by atoms with Crippen molar-refractivity contribution >= 4 is 40.1 Å². The lowest BCUT2D eigenvalue weighted by Crippen LogP contribution is -2.50. The molecular weight excluding hydrogens is 559 g/mol. The SMILES string of the molecule is CC(C)(C)OC(=O)NC(=O)N1C[C@H](Oc2nc(-c3ccc(C(F)(F)F)cc3)nc3c2oc2ccccc23)C[C@H]1C(N)=O. The molecule has 0 bridgehead atoms. The summed E-state index contributed by atoms with van der Waals surface area (Å²) in [5, 5.41) is 2.70. The molecule has 0 saturated carbocycles. The molecular formula is C28H26F3N5O6. The van der Waals surface area contributed by atoms with Crippen molar-refractivity contribution in [3.05, 3.63) is 54.1 Å². The predicted molar refractivity (Wildman–Crippen MR) is 143 cm³/mol. The second-order valence-corrected chi connectivity index (χ2v) is 10.7. The number of primary amides is 1. The van der Waals surface area contributed by atoms with Crippen molar-refractivity contribution in [3.8, 4) is 17.3 Å². The predicted octanol–water partition coefficient (Wildman–Crippen LogP) is 5.01. The molecule has 0 aliphatic carbocycles. The summed E-state index contributed by atoms with van der Waals surface area (Å²) in [4.78, 5) is 47.2. The first-order valence-corrected chi connectivity index (χ1v) is 12.8. The minimum atomic E-state index is -4.51. The van der Waals surface area contributed by atoms with Crippen molar-refractivity contribution in [1.82, 2.24) is 20.2 Å². The number of likely N-dealkylation sites (tertiary alicyclic amines) is 1. The van der Waals surface area contributed by atoms with E-state index in [4.69, 9.17) is 19.6 Å². The summed E-state index contributed by atoms with van der Waals surface area (Å²) >= 11 is 0. The number of urea groups is 1. The molecule has 1 aliphatic rings. The van der Waals surface area contributed by atoms with E-state index in [1.807, 2.05) is 0 Å². The zero-order chi connectivity index (χ0) is 30.4. The number of imide groups is 1. The van der Waals surface area contributed by atoms with Crippen LogP contribution < -0.4 is 15.8 Å². The summed E-state index contributed by atoms with van der Waals surface area (Å²) in [5.74, 6) is -0.794. The highest BCUT2D eigenvalue weighted by atomic mass is 19.4. The summed E-state index contributed by atoms with van der Waals surface area (Å²) in [6, 6.07) is 9.32. The number of alkyl halides is 3. The summed E-state index contributed by atoms with van der Waals surface area (Å²) < 4.78 is 56.6. The van der Waals surface area contributed by atoms with Crippen LogP contribution in [-0.4, -0.2) is 57.2 Å². The Labute approximate surface area is 236 Å². The van der Waals surface area contributed by atoms with Gasteiger partial charge in [-0.3, -0.25) is 4.79 Å². The van der Waals surface area contributed by atoms with Crippen molar-refractivity contribution in [3.63, 3.8) is 0 Å². The van der Waals surface area contributed by atoms with Gasteiger partial charge in [0.25, 0.3) is 5.88 Å². The second kappa shape index (κ2) is 10.5. The maximum Gasteiger partial charge on any atom is 0.416 e. The largest absolute Gasteiger partial charge is 0.470 e. The minimum absolute atomic E-state index is 0.0294. The molecule has 42 heavy (non-hydrogen) atoms. The van der Waals surface area contributed by atoms with Gasteiger partial charge in [-0.1, -0.05) is 24.3 Å². The Hall–Kier alpha value is -4.88. The van der Waals surface area contributed by atoms with Crippen LogP contribution in [0.25, 0.3) is 33.5 Å². The van der Waals surface area contributed by atoms with E-state index in [0.29, 0.717) is 22.0 Å². The van der Waals surface area contributed by atoms with Crippen molar-refractivity contribution in [1.29, 1.82) is 0 Å². The highest BCUT2D eigenvalue weighted by molar-refractivity contribution is 6.04. The van der Waals surface area contributed by atoms with Gasteiger partial charge in [-0.05, 0) is 45.0 Å². The number of furan rings is 1. The van der Waals surface area contributed by atoms with Crippen LogP contribution >= 0.6 is 0 Å². The molecule has 2 aromatic heterocycles. The van der Waals surface area contributed by atoms with Gasteiger partial charge in [0, 0.05) is 17.4 Å². The fourth-order valence-electron chi connectivity index (χ4n) is 4.58. The van der Waals surface area contributed by atoms with Crippen LogP contribution in [0.3, 0.4) is 0 Å². The van der Waals surface area contributed by atoms with E-state index in [-0.39, 0.29) is 30.3 Å². The number of rotatable bonds is 4. The molecule has 2 aromatic carbocycles. The number of carbonyl (C=O) groups excluding carboxylic acids is 3. The van der Waals surface area contributed by atoms with Gasteiger partial charge < -0.3 is 24.5 Å². The van der Waals surface area contributed by atoms with E-state index in [1.54, 1.807) is 45.0 Å². The van der Waals surface area contributed by atoms with E-state index >= 15 is 0 Å². The van der Waals surface area contributed by atoms with Crippen LogP contribution in [-0.2, 0) is 15.7 Å². The number of ether oxygens (including phenoxy) is 2. The fraction of sp³-hybridized carbons (Fsp3) is 0.321. The van der Waals surface area contributed by atoms with Crippen LogP contribution in [0.5, 0.6) is 5.88 Å². The molecule has 2 atom stereocenters. The number of halogens is 3. The first-order chi connectivity index (χ1) is 19.7. The average Bonchev–Trinajstić information content (AvgIpc) is 3.49. The first-order valence-electron chi connectivity index (χ1n) is 12.8. The van der Waals surface area contributed by atoms with Crippen molar-refractivity contribution in [2.24, 2.45) is 5.73 Å². The molecule has 0 radical (unpaired) electrons. The Bertz CT molecular complexity index is 1680. The Kier molecular flexibility index (Phi) is 7.16. The van der Waals surface area contributed by atoms with E-state index in [2.05, 4.69) is 15.3 Å². The Balaban J connectivity index is 1.47. The smallest absolute Gasteiger partial charge is 0.416 e. The third kappa shape index (κ3) is 5.92. The van der Waals surface area contributed by atoms with Gasteiger partial charge in [0.1, 0.15) is 28.8 Å². The number of amides is 4. The van der Waals surface area contributed by atoms with Crippen LogP contribution in [0.1, 0.15) is 32.8 Å². The van der Waals surface area contributed by atoms with E-state index in [9.17, 15) is 27.6 Å². The van der Waals surface area contributed by atoms with Crippen molar-refractivity contribution in [2.75, 3.05) is 6.54 Å². The van der Waals surface area contributed by atoms with E-state index < -0.39 is 47.5 Å². The maximum absolute atomic E-state index is 13.1. The van der Waals surface area contributed by atoms with E-state index in [0.717, 1.165) is 17.0 Å². The van der Waals surface area contributed by atoms with Crippen LogP contribution in [0.4, 0.5) is 22.8 Å². The molecule has 1 saturated heterocycles. The molecule has 3 N–H and O–H groups in total. The Morgan fingerprint density at radius 1 is 1.05 bits per heavy atom. The number of carbonyl (C=O) groups is 3. The molecule has 11 nitrogen and oxygen atoms in total. The number of nitrogens with zero attached hydrogens (tertiary/aromatic N) is 3. The van der Waals surface area contributed by atoms with E-state index in [1.165, 1.54) is 12.1 Å². The van der Waals surface area contributed by atoms with Gasteiger partial charge in [-0.2, -0.15) is 18.2 Å². The standard InChI is InChI=1S/C28H26F3N5O6/c1-27(2,3)42-26(39)35-25(38)36-13-16(12-18(36)22(32)37)40-24-21-20(17-6-4-5-7-19(17)41-21)33-23(34-24)14-8-10-15(11-9-14)28(29,30)31/h4-11,16,18H,12-13H2,1-3H3,(H2,32,37)(H,35,38,39)/t16-,18+/m1/s1. The minimum Gasteiger partial charge on any atom is -0.470 e. The number of hydrogen-bond acceptors (Lipinski definition) is 8. The lowest BCUT2D eigenvalue weighted by molar-refractivity contribution is -0.137. The van der Waals surface area contributed by atoms with Gasteiger partial charge in [-0.25, -0.2) is 19.9 Å². The third-order valence-electron chi connectivity index (χ3n) is 6.40. The van der Waals surface area contributed by atoms with Crippen molar-refractivity contribution < 1.29 is 41.4 Å². The molecule has 5 rings (SSSR count). The lowest BCUT2D eigenvalue weighted by Gasteiger charge is -2.24. The Morgan fingerprint density at radius 3 is 2.38 bits per heavy atom. The number of nitrogens with two attached hydrogens (primary N) is 1. The molecule has 220 valence electrons. The number of para-hydroxylation sites is 1. The second-order valence-electron chi connectivity index (χ2n) is 10.7. The van der Waals surface area contributed by atoms with Crippen LogP contribution in [0, 0.1) is 0 Å². The number of fused-ring (bicyclic) bond motifs is 3. The zero-order valence-corrected chi connectivity index (χ0v) is 22.7. The number of benzene rings is 2. The highest BCUT2D eigenvalue weighted by Crippen LogP contribution is 2.36. The molecule has 1 aliphatic heterocycles. The van der Waals surface area contributed by atoms with Gasteiger partial charge in [0.15, 0.2) is 5.82 Å². The van der Waals surface area contributed by atoms with Gasteiger partial charge in [0.2, 0.25) is 11.5 Å². The average molecular weight is 586 g/mol. The van der Waals surface area contributed by atoms with Gasteiger partial charge >= 0.3 is 18.3 Å². The molecule has 1 fully saturated rings. The summed E-state index contributed by atoms with van der Waals surface area (Å²) in [5.41, 5.74) is 5.13. The van der Waals surface area contributed by atoms with Crippen molar-refractivity contribution in [2.45, 2.75) is 51.1 Å². The van der Waals surface area contributed by atoms with Gasteiger partial charge in [0.05, 0.1) is 12.1 Å². The van der Waals surface area contributed by atoms with Crippen LogP contribution in [0.15, 0.2) is 52.9 Å².